The van der Waals surface area contributed by atoms with Crippen LogP contribution in [0.3, 0.4) is 0 Å². The fourth-order valence-corrected chi connectivity index (χ4v) is 1.43. The van der Waals surface area contributed by atoms with E-state index < -0.39 is 11.9 Å². The van der Waals surface area contributed by atoms with E-state index in [1.54, 1.807) is 6.07 Å². The molecule has 0 radical (unpaired) electrons. The van der Waals surface area contributed by atoms with Gasteiger partial charge in [0.1, 0.15) is 5.82 Å². The summed E-state index contributed by atoms with van der Waals surface area (Å²) in [7, 11) is 0. The highest BCUT2D eigenvalue weighted by Gasteiger charge is 2.12. The maximum absolute atomic E-state index is 13.3. The molecule has 1 aromatic rings. The Morgan fingerprint density at radius 1 is 1.53 bits per heavy atom. The van der Waals surface area contributed by atoms with Crippen LogP contribution in [0.2, 0.25) is 5.02 Å². The van der Waals surface area contributed by atoms with Crippen LogP contribution >= 0.6 is 11.6 Å². The number of ether oxygens (including phenoxy) is 1. The van der Waals surface area contributed by atoms with Gasteiger partial charge in [0.2, 0.25) is 0 Å². The van der Waals surface area contributed by atoms with E-state index in [0.29, 0.717) is 24.7 Å². The number of hydrogen-bond donors (Lipinski definition) is 1. The van der Waals surface area contributed by atoms with Crippen molar-refractivity contribution in [2.45, 2.75) is 19.4 Å². The Labute approximate surface area is 93.6 Å². The Balaban J connectivity index is 2.61. The Hall–Kier alpha value is -0.640. The number of halogens is 2. The van der Waals surface area contributed by atoms with Crippen LogP contribution in [0.1, 0.15) is 25.0 Å². The molecule has 0 fully saturated rings. The summed E-state index contributed by atoms with van der Waals surface area (Å²) in [6.45, 7) is 2.88. The van der Waals surface area contributed by atoms with Crippen molar-refractivity contribution in [3.63, 3.8) is 0 Å². The quantitative estimate of drug-likeness (QED) is 0.791. The predicted octanol–water partition coefficient (Wildman–Crippen LogP) is 2.94. The van der Waals surface area contributed by atoms with Gasteiger partial charge in [0, 0.05) is 30.2 Å². The van der Waals surface area contributed by atoms with Crippen LogP contribution in [0.15, 0.2) is 18.2 Å². The summed E-state index contributed by atoms with van der Waals surface area (Å²) in [5.74, 6) is -0.480. The van der Waals surface area contributed by atoms with Crippen molar-refractivity contribution in [1.82, 2.24) is 0 Å². The van der Waals surface area contributed by atoms with Gasteiger partial charge in [-0.25, -0.2) is 4.39 Å². The Morgan fingerprint density at radius 2 is 2.27 bits per heavy atom. The minimum atomic E-state index is -0.839. The fourth-order valence-electron chi connectivity index (χ4n) is 1.27. The monoisotopic (exact) mass is 232 g/mol. The summed E-state index contributed by atoms with van der Waals surface area (Å²) in [5.41, 5.74) is 0.263. The first-order chi connectivity index (χ1) is 7.15. The maximum atomic E-state index is 13.3. The Bertz CT molecular complexity index is 317. The molecule has 0 aliphatic rings. The van der Waals surface area contributed by atoms with Crippen LogP contribution in [-0.2, 0) is 4.74 Å². The molecule has 0 heterocycles. The van der Waals surface area contributed by atoms with Crippen LogP contribution in [0.25, 0.3) is 0 Å². The lowest BCUT2D eigenvalue weighted by Gasteiger charge is -2.11. The number of hydrogen-bond acceptors (Lipinski definition) is 2. The van der Waals surface area contributed by atoms with Gasteiger partial charge in [-0.05, 0) is 19.1 Å². The largest absolute Gasteiger partial charge is 0.388 e. The molecule has 0 amide bonds. The molecule has 0 aromatic heterocycles. The van der Waals surface area contributed by atoms with Crippen molar-refractivity contribution in [2.75, 3.05) is 13.2 Å². The molecule has 84 valence electrons. The van der Waals surface area contributed by atoms with Crippen molar-refractivity contribution in [1.29, 1.82) is 0 Å². The topological polar surface area (TPSA) is 29.5 Å². The normalized spacial score (nSPS) is 12.8. The molecular weight excluding hydrogens is 219 g/mol. The minimum absolute atomic E-state index is 0.263. The second kappa shape index (κ2) is 6.05. The lowest BCUT2D eigenvalue weighted by atomic mass is 10.1. The van der Waals surface area contributed by atoms with Crippen LogP contribution in [-0.4, -0.2) is 18.3 Å². The van der Waals surface area contributed by atoms with Gasteiger partial charge in [-0.1, -0.05) is 17.7 Å². The SMILES string of the molecule is CCOCCC(O)c1ccc(Cl)cc1F. The first-order valence-electron chi connectivity index (χ1n) is 4.86. The third-order valence-electron chi connectivity index (χ3n) is 2.06. The van der Waals surface area contributed by atoms with Gasteiger partial charge >= 0.3 is 0 Å². The Morgan fingerprint density at radius 3 is 2.87 bits per heavy atom. The number of benzene rings is 1. The molecule has 0 saturated heterocycles. The highest BCUT2D eigenvalue weighted by Crippen LogP contribution is 2.22. The van der Waals surface area contributed by atoms with Crippen molar-refractivity contribution in [2.24, 2.45) is 0 Å². The zero-order valence-electron chi connectivity index (χ0n) is 8.54. The molecular formula is C11H14ClFO2. The van der Waals surface area contributed by atoms with Gasteiger partial charge in [0.05, 0.1) is 6.10 Å². The van der Waals surface area contributed by atoms with Gasteiger partial charge in [-0.3, -0.25) is 0 Å². The van der Waals surface area contributed by atoms with Gasteiger partial charge in [0.15, 0.2) is 0 Å². The molecule has 1 atom stereocenters. The molecule has 1 rings (SSSR count). The van der Waals surface area contributed by atoms with Gasteiger partial charge in [-0.15, -0.1) is 0 Å². The lowest BCUT2D eigenvalue weighted by Crippen LogP contribution is -2.05. The first-order valence-corrected chi connectivity index (χ1v) is 5.23. The second-order valence-electron chi connectivity index (χ2n) is 3.17. The fraction of sp³-hybridized carbons (Fsp3) is 0.455. The summed E-state index contributed by atoms with van der Waals surface area (Å²) in [6, 6.07) is 4.25. The molecule has 2 nitrogen and oxygen atoms in total. The summed E-state index contributed by atoms with van der Waals surface area (Å²) >= 11 is 5.60. The lowest BCUT2D eigenvalue weighted by molar-refractivity contribution is 0.0869. The molecule has 1 unspecified atom stereocenters. The molecule has 1 aromatic carbocycles. The van der Waals surface area contributed by atoms with E-state index in [-0.39, 0.29) is 5.56 Å². The first kappa shape index (κ1) is 12.4. The van der Waals surface area contributed by atoms with E-state index in [2.05, 4.69) is 0 Å². The summed E-state index contributed by atoms with van der Waals surface area (Å²) in [4.78, 5) is 0. The van der Waals surface area contributed by atoms with Crippen LogP contribution in [0, 0.1) is 5.82 Å². The van der Waals surface area contributed by atoms with Crippen LogP contribution in [0.4, 0.5) is 4.39 Å². The van der Waals surface area contributed by atoms with Crippen molar-refractivity contribution in [3.05, 3.63) is 34.6 Å². The average molecular weight is 233 g/mol. The summed E-state index contributed by atoms with van der Waals surface area (Å²) < 4.78 is 18.4. The zero-order valence-corrected chi connectivity index (χ0v) is 9.30. The van der Waals surface area contributed by atoms with Crippen LogP contribution in [0.5, 0.6) is 0 Å². The zero-order chi connectivity index (χ0) is 11.3. The highest BCUT2D eigenvalue weighted by molar-refractivity contribution is 6.30. The molecule has 0 saturated carbocycles. The van der Waals surface area contributed by atoms with E-state index in [4.69, 9.17) is 16.3 Å². The van der Waals surface area contributed by atoms with Crippen molar-refractivity contribution < 1.29 is 14.2 Å². The summed E-state index contributed by atoms with van der Waals surface area (Å²) in [6.07, 6.45) is -0.458. The molecule has 4 heteroatoms. The third-order valence-corrected chi connectivity index (χ3v) is 2.30. The smallest absolute Gasteiger partial charge is 0.130 e. The van der Waals surface area contributed by atoms with Crippen molar-refractivity contribution >= 4 is 11.6 Å². The minimum Gasteiger partial charge on any atom is -0.388 e. The molecule has 0 aliphatic carbocycles. The summed E-state index contributed by atoms with van der Waals surface area (Å²) in [5, 5.41) is 9.98. The van der Waals surface area contributed by atoms with Crippen molar-refractivity contribution in [3.8, 4) is 0 Å². The molecule has 0 aliphatic heterocycles. The van der Waals surface area contributed by atoms with E-state index in [0.717, 1.165) is 0 Å². The molecule has 15 heavy (non-hydrogen) atoms. The Kier molecular flexibility index (Phi) is 5.02. The van der Waals surface area contributed by atoms with Gasteiger partial charge in [0.25, 0.3) is 0 Å². The van der Waals surface area contributed by atoms with Crippen LogP contribution < -0.4 is 0 Å². The predicted molar refractivity (Wildman–Crippen MR) is 57.5 cm³/mol. The van der Waals surface area contributed by atoms with E-state index >= 15 is 0 Å². The third kappa shape index (κ3) is 3.78. The van der Waals surface area contributed by atoms with Gasteiger partial charge in [-0.2, -0.15) is 0 Å². The number of aliphatic hydroxyl groups excluding tert-OH is 1. The maximum Gasteiger partial charge on any atom is 0.130 e. The standard InChI is InChI=1S/C11H14ClFO2/c1-2-15-6-5-11(14)9-4-3-8(12)7-10(9)13/h3-4,7,11,14H,2,5-6H2,1H3. The molecule has 0 bridgehead atoms. The molecule has 0 spiro atoms. The highest BCUT2D eigenvalue weighted by atomic mass is 35.5. The van der Waals surface area contributed by atoms with Gasteiger partial charge < -0.3 is 9.84 Å². The van der Waals surface area contributed by atoms with E-state index in [1.165, 1.54) is 12.1 Å². The number of aliphatic hydroxyl groups is 1. The number of rotatable bonds is 5. The molecule has 1 N–H and O–H groups in total. The second-order valence-corrected chi connectivity index (χ2v) is 3.60. The average Bonchev–Trinajstić information content (AvgIpc) is 2.17. The van der Waals surface area contributed by atoms with E-state index in [1.807, 2.05) is 6.92 Å². The van der Waals surface area contributed by atoms with E-state index in [9.17, 15) is 9.50 Å².